The molecule has 3 aliphatic carbocycles. The number of fused-ring (bicyclic) bond motifs is 7. The maximum atomic E-state index is 15.4. The van der Waals surface area contributed by atoms with E-state index < -0.39 is 11.6 Å². The van der Waals surface area contributed by atoms with Gasteiger partial charge in [0.2, 0.25) is 0 Å². The van der Waals surface area contributed by atoms with Crippen LogP contribution in [-0.2, 0) is 21.7 Å². The molecule has 0 N–H and O–H groups in total. The van der Waals surface area contributed by atoms with Crippen molar-refractivity contribution in [3.63, 3.8) is 0 Å². The van der Waals surface area contributed by atoms with Crippen molar-refractivity contribution in [1.29, 1.82) is 0 Å². The van der Waals surface area contributed by atoms with Crippen molar-refractivity contribution < 1.29 is 8.78 Å². The summed E-state index contributed by atoms with van der Waals surface area (Å²) < 4.78 is 32.0. The average molecular weight is 871 g/mol. The van der Waals surface area contributed by atoms with Crippen LogP contribution < -0.4 is 20.7 Å². The van der Waals surface area contributed by atoms with Gasteiger partial charge in [-0.1, -0.05) is 145 Å². The van der Waals surface area contributed by atoms with Gasteiger partial charge in [-0.05, 0) is 144 Å². The third-order valence-corrected chi connectivity index (χ3v) is 16.6. The van der Waals surface area contributed by atoms with Gasteiger partial charge < -0.3 is 9.80 Å². The van der Waals surface area contributed by atoms with Gasteiger partial charge in [-0.15, -0.1) is 11.3 Å². The number of benzene rings is 4. The molecule has 2 nitrogen and oxygen atoms in total. The number of nitrogens with zero attached hydrogens (tertiary/aromatic N) is 2. The molecule has 5 aliphatic rings. The first-order valence-electron chi connectivity index (χ1n) is 23.7. The number of hydrogen-bond acceptors (Lipinski definition) is 3. The molecule has 0 spiro atoms. The lowest BCUT2D eigenvalue weighted by atomic mass is 9.31. The normalized spacial score (nSPS) is 21.3. The molecular weight excluding hydrogens is 806 g/mol. The van der Waals surface area contributed by atoms with Gasteiger partial charge in [0.25, 0.3) is 6.71 Å². The van der Waals surface area contributed by atoms with Crippen LogP contribution in [0.2, 0.25) is 0 Å². The minimum absolute atomic E-state index is 0.00565. The summed E-state index contributed by atoms with van der Waals surface area (Å²) in [5, 5.41) is 2.61. The van der Waals surface area contributed by atoms with E-state index in [1.165, 1.54) is 70.7 Å². The number of allylic oxidation sites excluding steroid dienone is 5. The first-order chi connectivity index (χ1) is 29.9. The molecule has 1 aromatic heterocycles. The van der Waals surface area contributed by atoms with Crippen molar-refractivity contribution in [2.75, 3.05) is 9.80 Å². The monoisotopic (exact) mass is 870 g/mol. The Labute approximate surface area is 385 Å². The SMILES string of the molecule is CC(C)(C)C1=CCC(N2C3=CC(c4cc(F)cc(F)c4)CC4=C3B(c3cc5c(cc3N4c3ccc(C(C)(C)C)cc3)C(C)(C)CCC5(C)C)c3c2sc2ccc(C(C)(C)C)cc32)C=C1. The highest BCUT2D eigenvalue weighted by Gasteiger charge is 2.51. The molecule has 2 atom stereocenters. The molecule has 5 aromatic rings. The smallest absolute Gasteiger partial charge is 0.253 e. The van der Waals surface area contributed by atoms with Crippen LogP contribution in [0.4, 0.5) is 25.2 Å². The standard InChI is InChI=1S/C58H65BF2N2S/c1-54(2,3)36-14-19-41(20-15-36)62-47-33-45-44(57(10,11)24-25-58(45,12)13)32-46(47)59-51-43-30-38(56(7,8)9)18-23-50(43)64-53(51)63(42-21-16-37(17-22-42)55(4,5)6)49-29-35(28-48(62)52(49)59)34-26-39(60)31-40(61)27-34/h14-21,23,26-27,29-33,35,42H,22,24-25,28H2,1-13H3. The highest BCUT2D eigenvalue weighted by Crippen LogP contribution is 2.55. The molecule has 6 heteroatoms. The molecule has 3 heterocycles. The van der Waals surface area contributed by atoms with E-state index in [9.17, 15) is 0 Å². The third kappa shape index (κ3) is 6.99. The number of hydrogen-bond donors (Lipinski definition) is 0. The van der Waals surface area contributed by atoms with E-state index in [2.05, 4.69) is 179 Å². The van der Waals surface area contributed by atoms with Gasteiger partial charge in [0.15, 0.2) is 0 Å². The van der Waals surface area contributed by atoms with Gasteiger partial charge in [0.05, 0.1) is 11.0 Å². The van der Waals surface area contributed by atoms with Crippen molar-refractivity contribution in [2.45, 2.75) is 149 Å². The summed E-state index contributed by atoms with van der Waals surface area (Å²) in [7, 11) is 0. The molecule has 0 saturated carbocycles. The fraction of sp³-hybridized carbons (Fsp3) is 0.414. The Kier molecular flexibility index (Phi) is 9.73. The summed E-state index contributed by atoms with van der Waals surface area (Å²) in [4.78, 5) is 5.20. The number of rotatable bonds is 3. The van der Waals surface area contributed by atoms with Crippen molar-refractivity contribution in [3.8, 4) is 0 Å². The Morgan fingerprint density at radius 2 is 1.34 bits per heavy atom. The zero-order chi connectivity index (χ0) is 45.6. The topological polar surface area (TPSA) is 6.48 Å². The van der Waals surface area contributed by atoms with E-state index in [1.807, 2.05) is 11.3 Å². The fourth-order valence-corrected chi connectivity index (χ4v) is 12.7. The van der Waals surface area contributed by atoms with E-state index in [0.717, 1.165) is 36.7 Å². The largest absolute Gasteiger partial charge is 0.327 e. The summed E-state index contributed by atoms with van der Waals surface area (Å²) in [6, 6.07) is 25.8. The zero-order valence-corrected chi connectivity index (χ0v) is 41.2. The Bertz CT molecular complexity index is 2860. The van der Waals surface area contributed by atoms with Crippen LogP contribution in [0.3, 0.4) is 0 Å². The average Bonchev–Trinajstić information content (AvgIpc) is 3.59. The lowest BCUT2D eigenvalue weighted by Gasteiger charge is -2.51. The number of halogens is 2. The summed E-state index contributed by atoms with van der Waals surface area (Å²) in [6.07, 6.45) is 13.3. The summed E-state index contributed by atoms with van der Waals surface area (Å²) in [5.41, 5.74) is 16.3. The van der Waals surface area contributed by atoms with Crippen molar-refractivity contribution in [3.05, 3.63) is 159 Å². The molecule has 330 valence electrons. The predicted octanol–water partition coefficient (Wildman–Crippen LogP) is 14.9. The highest BCUT2D eigenvalue weighted by atomic mass is 32.1. The van der Waals surface area contributed by atoms with Crippen LogP contribution in [0.15, 0.2) is 120 Å². The summed E-state index contributed by atoms with van der Waals surface area (Å²) in [6.45, 7) is 30.3. The van der Waals surface area contributed by atoms with E-state index in [0.29, 0.717) is 12.0 Å². The first-order valence-corrected chi connectivity index (χ1v) is 24.5. The van der Waals surface area contributed by atoms with Gasteiger partial charge in [-0.25, -0.2) is 8.78 Å². The molecule has 64 heavy (non-hydrogen) atoms. The lowest BCUT2D eigenvalue weighted by molar-refractivity contribution is 0.332. The Hall–Kier alpha value is -4.68. The van der Waals surface area contributed by atoms with E-state index >= 15 is 8.78 Å². The number of thiophene rings is 1. The Balaban J connectivity index is 1.33. The van der Waals surface area contributed by atoms with Crippen molar-refractivity contribution >= 4 is 55.4 Å². The van der Waals surface area contributed by atoms with Crippen molar-refractivity contribution in [1.82, 2.24) is 0 Å². The maximum Gasteiger partial charge on any atom is 0.253 e. The van der Waals surface area contributed by atoms with Crippen molar-refractivity contribution in [2.24, 2.45) is 5.41 Å². The van der Waals surface area contributed by atoms with E-state index in [4.69, 9.17) is 0 Å². The van der Waals surface area contributed by atoms with Gasteiger partial charge in [-0.3, -0.25) is 0 Å². The zero-order valence-electron chi connectivity index (χ0n) is 40.4. The molecular formula is C58H65BF2N2S. The maximum absolute atomic E-state index is 15.4. The molecule has 0 fully saturated rings. The third-order valence-electron chi connectivity index (χ3n) is 15.4. The van der Waals surface area contributed by atoms with Gasteiger partial charge in [0.1, 0.15) is 11.6 Å². The molecule has 0 amide bonds. The summed E-state index contributed by atoms with van der Waals surface area (Å²) >= 11 is 1.91. The predicted molar refractivity (Wildman–Crippen MR) is 271 cm³/mol. The molecule has 0 radical (unpaired) electrons. The number of anilines is 3. The quantitative estimate of drug-likeness (QED) is 0.167. The second-order valence-corrected chi connectivity index (χ2v) is 25.0. The lowest BCUT2D eigenvalue weighted by Crippen LogP contribution is -2.59. The van der Waals surface area contributed by atoms with Crippen LogP contribution in [0, 0.1) is 17.0 Å². The van der Waals surface area contributed by atoms with E-state index in [-0.39, 0.29) is 45.7 Å². The summed E-state index contributed by atoms with van der Waals surface area (Å²) in [5.74, 6) is -1.34. The molecule has 10 rings (SSSR count). The van der Waals surface area contributed by atoms with Crippen LogP contribution >= 0.6 is 11.3 Å². The Morgan fingerprint density at radius 3 is 1.94 bits per heavy atom. The van der Waals surface area contributed by atoms with Crippen LogP contribution in [-0.4, -0.2) is 12.8 Å². The van der Waals surface area contributed by atoms with Gasteiger partial charge in [0, 0.05) is 39.5 Å². The van der Waals surface area contributed by atoms with Crippen LogP contribution in [0.25, 0.3) is 10.1 Å². The van der Waals surface area contributed by atoms with E-state index in [1.54, 1.807) is 12.1 Å². The first kappa shape index (κ1) is 43.2. The fourth-order valence-electron chi connectivity index (χ4n) is 11.4. The van der Waals surface area contributed by atoms with Gasteiger partial charge in [-0.2, -0.15) is 0 Å². The van der Waals surface area contributed by atoms with Crippen LogP contribution in [0.5, 0.6) is 0 Å². The molecule has 0 saturated heterocycles. The second-order valence-electron chi connectivity index (χ2n) is 23.9. The minimum atomic E-state index is -0.539. The Morgan fingerprint density at radius 1 is 0.719 bits per heavy atom. The minimum Gasteiger partial charge on any atom is -0.327 e. The second kappa shape index (κ2) is 14.4. The molecule has 0 bridgehead atoms. The molecule has 2 aliphatic heterocycles. The van der Waals surface area contributed by atoms with Gasteiger partial charge >= 0.3 is 0 Å². The molecule has 2 unspecified atom stereocenters. The van der Waals surface area contributed by atoms with Crippen LogP contribution in [0.1, 0.15) is 149 Å². The molecule has 4 aromatic carbocycles. The highest BCUT2D eigenvalue weighted by molar-refractivity contribution is 7.26.